The molecule has 0 atom stereocenters. The number of hydrogen-bond donors (Lipinski definition) is 2. The van der Waals surface area contributed by atoms with Gasteiger partial charge in [0.05, 0.1) is 11.5 Å². The number of carbonyl (C=O) groups excluding carboxylic acids is 2. The Morgan fingerprint density at radius 2 is 1.62 bits per heavy atom. The Bertz CT molecular complexity index is 958. The first-order valence-electron chi connectivity index (χ1n) is 8.80. The minimum absolute atomic E-state index is 0.0767. The highest BCUT2D eigenvalue weighted by Gasteiger charge is 2.19. The van der Waals surface area contributed by atoms with Gasteiger partial charge in [-0.05, 0) is 42.8 Å². The summed E-state index contributed by atoms with van der Waals surface area (Å²) in [6, 6.07) is 6.85. The van der Waals surface area contributed by atoms with Gasteiger partial charge in [0.2, 0.25) is 0 Å². The van der Waals surface area contributed by atoms with Crippen molar-refractivity contribution in [3.05, 3.63) is 59.7 Å². The topological polar surface area (TPSA) is 102 Å². The van der Waals surface area contributed by atoms with Crippen molar-refractivity contribution in [2.45, 2.75) is 31.1 Å². The first-order chi connectivity index (χ1) is 13.7. The van der Waals surface area contributed by atoms with E-state index in [0.717, 1.165) is 31.0 Å². The predicted molar refractivity (Wildman–Crippen MR) is 102 cm³/mol. The molecule has 7 nitrogen and oxygen atoms in total. The maximum Gasteiger partial charge on any atom is 0.326 e. The normalized spacial score (nSPS) is 11.1. The third-order valence-electron chi connectivity index (χ3n) is 3.80. The molecule has 0 bridgehead atoms. The van der Waals surface area contributed by atoms with Crippen LogP contribution in [0.25, 0.3) is 0 Å². The van der Waals surface area contributed by atoms with Crippen LogP contribution < -0.4 is 10.6 Å². The average molecular weight is 426 g/mol. The van der Waals surface area contributed by atoms with Gasteiger partial charge in [0.1, 0.15) is 17.2 Å². The summed E-state index contributed by atoms with van der Waals surface area (Å²) in [5, 5.41) is 4.07. The van der Waals surface area contributed by atoms with Crippen molar-refractivity contribution in [1.29, 1.82) is 0 Å². The van der Waals surface area contributed by atoms with Crippen LogP contribution >= 0.6 is 0 Å². The Hall–Kier alpha value is -2.85. The third kappa shape index (κ3) is 6.33. The van der Waals surface area contributed by atoms with Crippen molar-refractivity contribution in [1.82, 2.24) is 5.32 Å². The van der Waals surface area contributed by atoms with Crippen LogP contribution in [0, 0.1) is 11.6 Å². The highest BCUT2D eigenvalue weighted by atomic mass is 32.2. The Labute approximate surface area is 167 Å². The molecule has 2 rings (SSSR count). The Balaban J connectivity index is 1.97. The number of halogens is 2. The van der Waals surface area contributed by atoms with Crippen LogP contribution in [0.5, 0.6) is 0 Å². The van der Waals surface area contributed by atoms with Crippen LogP contribution in [-0.4, -0.2) is 27.0 Å². The first-order valence-corrected chi connectivity index (χ1v) is 10.2. The Morgan fingerprint density at radius 3 is 2.21 bits per heavy atom. The van der Waals surface area contributed by atoms with Gasteiger partial charge in [0.15, 0.2) is 0 Å². The number of nitrogens with one attached hydrogen (secondary N) is 2. The van der Waals surface area contributed by atoms with Crippen molar-refractivity contribution in [3.8, 4) is 0 Å². The summed E-state index contributed by atoms with van der Waals surface area (Å²) in [7, 11) is -3.92. The molecule has 0 unspecified atom stereocenters. The minimum atomic E-state index is -3.92. The number of imide groups is 1. The van der Waals surface area contributed by atoms with Crippen molar-refractivity contribution in [3.63, 3.8) is 0 Å². The third-order valence-corrected chi connectivity index (χ3v) is 5.13. The van der Waals surface area contributed by atoms with E-state index in [1.54, 1.807) is 5.32 Å². The van der Waals surface area contributed by atoms with E-state index in [4.69, 9.17) is 4.18 Å². The number of rotatable bonds is 8. The molecule has 2 aromatic carbocycles. The lowest BCUT2D eigenvalue weighted by molar-refractivity contribution is 0.0959. The van der Waals surface area contributed by atoms with Gasteiger partial charge in [0, 0.05) is 5.69 Å². The molecular formula is C19H20F2N2O5S. The molecule has 3 amide bonds. The summed E-state index contributed by atoms with van der Waals surface area (Å²) >= 11 is 0. The van der Waals surface area contributed by atoms with E-state index in [1.807, 2.05) is 6.92 Å². The lowest BCUT2D eigenvalue weighted by atomic mass is 10.2. The molecule has 29 heavy (non-hydrogen) atoms. The molecule has 0 aromatic heterocycles. The zero-order chi connectivity index (χ0) is 21.4. The van der Waals surface area contributed by atoms with Gasteiger partial charge in [-0.25, -0.2) is 13.6 Å². The maximum atomic E-state index is 13.6. The van der Waals surface area contributed by atoms with E-state index in [-0.39, 0.29) is 17.2 Å². The number of benzene rings is 2. The molecule has 0 fully saturated rings. The highest BCUT2D eigenvalue weighted by molar-refractivity contribution is 7.86. The van der Waals surface area contributed by atoms with Crippen molar-refractivity contribution >= 4 is 27.7 Å². The van der Waals surface area contributed by atoms with Gasteiger partial charge in [-0.1, -0.05) is 25.8 Å². The largest absolute Gasteiger partial charge is 0.326 e. The van der Waals surface area contributed by atoms with E-state index in [2.05, 4.69) is 5.32 Å². The van der Waals surface area contributed by atoms with Crippen LogP contribution in [0.2, 0.25) is 0 Å². The molecule has 0 aliphatic rings. The molecule has 0 aliphatic heterocycles. The van der Waals surface area contributed by atoms with E-state index in [1.165, 1.54) is 24.3 Å². The molecule has 0 spiro atoms. The number of hydrogen-bond acceptors (Lipinski definition) is 5. The lowest BCUT2D eigenvalue weighted by Gasteiger charge is -2.09. The summed E-state index contributed by atoms with van der Waals surface area (Å²) in [6.07, 6.45) is 2.40. The fourth-order valence-corrected chi connectivity index (χ4v) is 3.28. The summed E-state index contributed by atoms with van der Waals surface area (Å²) in [6.45, 7) is 2.06. The molecule has 0 saturated heterocycles. The molecule has 0 heterocycles. The van der Waals surface area contributed by atoms with Crippen molar-refractivity contribution < 1.29 is 31.0 Å². The van der Waals surface area contributed by atoms with E-state index >= 15 is 0 Å². The van der Waals surface area contributed by atoms with Gasteiger partial charge < -0.3 is 5.32 Å². The standard InChI is InChI=1S/C19H20F2N2O5S/c1-2-3-4-12-28-29(26,27)14-10-8-13(9-11-14)22-19(25)23-18(24)17-15(20)6-5-7-16(17)21/h5-11H,2-4,12H2,1H3,(H2,22,23,24,25). The molecule has 0 saturated carbocycles. The molecule has 0 radical (unpaired) electrons. The SMILES string of the molecule is CCCCCOS(=O)(=O)c1ccc(NC(=O)NC(=O)c2c(F)cccc2F)cc1. The number of carbonyl (C=O) groups is 2. The second-order valence-corrected chi connectivity index (χ2v) is 7.63. The fourth-order valence-electron chi connectivity index (χ4n) is 2.34. The van der Waals surface area contributed by atoms with Crippen molar-refractivity contribution in [2.24, 2.45) is 0 Å². The highest BCUT2D eigenvalue weighted by Crippen LogP contribution is 2.17. The van der Waals surface area contributed by atoms with Crippen LogP contribution in [0.4, 0.5) is 19.3 Å². The number of anilines is 1. The van der Waals surface area contributed by atoms with E-state index in [0.29, 0.717) is 6.42 Å². The molecule has 2 aromatic rings. The van der Waals surface area contributed by atoms with Crippen LogP contribution in [0.1, 0.15) is 36.5 Å². The second kappa shape index (κ2) is 10.1. The molecule has 156 valence electrons. The van der Waals surface area contributed by atoms with Gasteiger partial charge in [-0.15, -0.1) is 0 Å². The zero-order valence-electron chi connectivity index (χ0n) is 15.6. The molecule has 10 heteroatoms. The Morgan fingerprint density at radius 1 is 1.00 bits per heavy atom. The van der Waals surface area contributed by atoms with Crippen LogP contribution in [0.15, 0.2) is 47.4 Å². The van der Waals surface area contributed by atoms with Gasteiger partial charge in [-0.2, -0.15) is 8.42 Å². The van der Waals surface area contributed by atoms with Crippen LogP contribution in [-0.2, 0) is 14.3 Å². The quantitative estimate of drug-likeness (QED) is 0.494. The lowest BCUT2D eigenvalue weighted by Crippen LogP contribution is -2.35. The second-order valence-electron chi connectivity index (χ2n) is 6.01. The zero-order valence-corrected chi connectivity index (χ0v) is 16.4. The average Bonchev–Trinajstić information content (AvgIpc) is 2.65. The number of unbranched alkanes of at least 4 members (excludes halogenated alkanes) is 2. The summed E-state index contributed by atoms with van der Waals surface area (Å²) in [5.41, 5.74) is -0.724. The van der Waals surface area contributed by atoms with Gasteiger partial charge >= 0.3 is 6.03 Å². The Kier molecular flexibility index (Phi) is 7.80. The molecular weight excluding hydrogens is 406 g/mol. The summed E-state index contributed by atoms with van der Waals surface area (Å²) in [4.78, 5) is 23.7. The summed E-state index contributed by atoms with van der Waals surface area (Å²) in [5.74, 6) is -3.47. The van der Waals surface area contributed by atoms with Gasteiger partial charge in [0.25, 0.3) is 16.0 Å². The van der Waals surface area contributed by atoms with Gasteiger partial charge in [-0.3, -0.25) is 14.3 Å². The first kappa shape index (κ1) is 22.4. The summed E-state index contributed by atoms with van der Waals surface area (Å²) < 4.78 is 56.2. The van der Waals surface area contributed by atoms with E-state index in [9.17, 15) is 26.8 Å². The predicted octanol–water partition coefficient (Wildman–Crippen LogP) is 3.82. The smallest absolute Gasteiger partial charge is 0.308 e. The van der Waals surface area contributed by atoms with E-state index < -0.39 is 39.3 Å². The van der Waals surface area contributed by atoms with Crippen LogP contribution in [0.3, 0.4) is 0 Å². The minimum Gasteiger partial charge on any atom is -0.308 e. The van der Waals surface area contributed by atoms with Crippen molar-refractivity contribution in [2.75, 3.05) is 11.9 Å². The number of urea groups is 1. The maximum absolute atomic E-state index is 13.6. The molecule has 0 aliphatic carbocycles. The monoisotopic (exact) mass is 426 g/mol. The fraction of sp³-hybridized carbons (Fsp3) is 0.263. The molecule has 2 N–H and O–H groups in total. The number of amides is 3.